The zero-order valence-electron chi connectivity index (χ0n) is 17.4. The Kier molecular flexibility index (Phi) is 6.28. The fourth-order valence-electron chi connectivity index (χ4n) is 3.65. The molecule has 3 heterocycles. The summed E-state index contributed by atoms with van der Waals surface area (Å²) in [5, 5.41) is 23.2. The van der Waals surface area contributed by atoms with Crippen LogP contribution >= 0.6 is 0 Å². The van der Waals surface area contributed by atoms with Gasteiger partial charge < -0.3 is 20.3 Å². The van der Waals surface area contributed by atoms with Gasteiger partial charge in [-0.05, 0) is 42.7 Å². The van der Waals surface area contributed by atoms with Crippen LogP contribution < -0.4 is 10.5 Å². The smallest absolute Gasteiger partial charge is 0.217 e. The van der Waals surface area contributed by atoms with Crippen molar-refractivity contribution in [3.63, 3.8) is 0 Å². The summed E-state index contributed by atoms with van der Waals surface area (Å²) in [6.07, 6.45) is 3.53. The highest BCUT2D eigenvalue weighted by Gasteiger charge is 2.21. The van der Waals surface area contributed by atoms with E-state index in [1.54, 1.807) is 23.0 Å². The quantitative estimate of drug-likeness (QED) is 0.630. The second-order valence-electron chi connectivity index (χ2n) is 7.61. The van der Waals surface area contributed by atoms with E-state index in [9.17, 15) is 10.4 Å². The number of aliphatic hydroxyl groups is 1. The lowest BCUT2D eigenvalue weighted by atomic mass is 9.97. The fraction of sp³-hybridized carbons (Fsp3) is 0.348. The highest BCUT2D eigenvalue weighted by Crippen LogP contribution is 2.35. The Balaban J connectivity index is 1.65. The van der Waals surface area contributed by atoms with Gasteiger partial charge in [-0.3, -0.25) is 4.98 Å². The van der Waals surface area contributed by atoms with E-state index >= 15 is 0 Å². The maximum absolute atomic E-state index is 9.35. The van der Waals surface area contributed by atoms with Crippen molar-refractivity contribution >= 4 is 0 Å². The first-order valence-corrected chi connectivity index (χ1v) is 10.3. The Hall–Kier alpha value is -3.25. The van der Waals surface area contributed by atoms with Gasteiger partial charge in [0.2, 0.25) is 5.88 Å². The first kappa shape index (κ1) is 21.0. The molecule has 1 aliphatic rings. The molecule has 4 rings (SSSR count). The zero-order valence-corrected chi connectivity index (χ0v) is 17.4. The Labute approximate surface area is 180 Å². The molecule has 3 aromatic rings. The molecule has 31 heavy (non-hydrogen) atoms. The lowest BCUT2D eigenvalue weighted by Crippen LogP contribution is -2.14. The first-order valence-electron chi connectivity index (χ1n) is 10.3. The summed E-state index contributed by atoms with van der Waals surface area (Å²) in [7, 11) is 1.84. The zero-order chi connectivity index (χ0) is 21.8. The number of nitriles is 1. The van der Waals surface area contributed by atoms with Gasteiger partial charge >= 0.3 is 0 Å². The minimum Gasteiger partial charge on any atom is -0.439 e. The third-order valence-electron chi connectivity index (χ3n) is 5.51. The first-order chi connectivity index (χ1) is 15.1. The third-order valence-corrected chi connectivity index (χ3v) is 5.51. The monoisotopic (exact) mass is 419 g/mol. The lowest BCUT2D eigenvalue weighted by molar-refractivity contribution is 0.0844. The minimum absolute atomic E-state index is 0.151. The molecule has 0 radical (unpaired) electrons. The van der Waals surface area contributed by atoms with E-state index in [0.29, 0.717) is 28.8 Å². The molecule has 1 saturated heterocycles. The number of pyridine rings is 1. The molecule has 0 bridgehead atoms. The van der Waals surface area contributed by atoms with Gasteiger partial charge in [-0.15, -0.1) is 0 Å². The molecule has 1 aliphatic heterocycles. The van der Waals surface area contributed by atoms with Crippen LogP contribution in [0.4, 0.5) is 0 Å². The minimum atomic E-state index is -0.476. The number of aromatic nitrogens is 3. The molecule has 0 aliphatic carbocycles. The molecular weight excluding hydrogens is 394 g/mol. The number of hydrogen-bond acceptors (Lipinski definition) is 7. The van der Waals surface area contributed by atoms with Crippen molar-refractivity contribution in [2.24, 2.45) is 12.8 Å². The number of hydrogen-bond donors (Lipinski definition) is 2. The summed E-state index contributed by atoms with van der Waals surface area (Å²) in [6.45, 7) is 1.34. The predicted molar refractivity (Wildman–Crippen MR) is 114 cm³/mol. The summed E-state index contributed by atoms with van der Waals surface area (Å²) in [5.41, 5.74) is 9.51. The molecule has 1 atom stereocenters. The van der Waals surface area contributed by atoms with Crippen molar-refractivity contribution in [1.82, 2.24) is 14.8 Å². The van der Waals surface area contributed by atoms with E-state index in [0.717, 1.165) is 42.9 Å². The molecule has 2 aromatic heterocycles. The van der Waals surface area contributed by atoms with Crippen LogP contribution in [0.15, 0.2) is 42.6 Å². The van der Waals surface area contributed by atoms with Crippen LogP contribution in [0.5, 0.6) is 11.6 Å². The van der Waals surface area contributed by atoms with Crippen molar-refractivity contribution in [1.29, 1.82) is 5.26 Å². The Morgan fingerprint density at radius 2 is 2.10 bits per heavy atom. The van der Waals surface area contributed by atoms with Crippen molar-refractivity contribution < 1.29 is 14.6 Å². The Morgan fingerprint density at radius 1 is 1.29 bits per heavy atom. The van der Waals surface area contributed by atoms with E-state index in [2.05, 4.69) is 16.2 Å². The molecule has 8 nitrogen and oxygen atoms in total. The van der Waals surface area contributed by atoms with Gasteiger partial charge in [0.15, 0.2) is 0 Å². The van der Waals surface area contributed by atoms with Gasteiger partial charge in [-0.25, -0.2) is 4.68 Å². The molecule has 160 valence electrons. The predicted octanol–water partition coefficient (Wildman–Crippen LogP) is 3.03. The van der Waals surface area contributed by atoms with Crippen LogP contribution in [0, 0.1) is 11.3 Å². The van der Waals surface area contributed by atoms with Crippen LogP contribution in [-0.2, 0) is 11.8 Å². The number of aliphatic hydroxyl groups excluding tert-OH is 1. The summed E-state index contributed by atoms with van der Waals surface area (Å²) < 4.78 is 13.4. The van der Waals surface area contributed by atoms with Gasteiger partial charge in [-0.2, -0.15) is 10.4 Å². The van der Waals surface area contributed by atoms with E-state index in [4.69, 9.17) is 15.2 Å². The van der Waals surface area contributed by atoms with Gasteiger partial charge in [0.25, 0.3) is 0 Å². The molecule has 0 saturated carbocycles. The van der Waals surface area contributed by atoms with E-state index in [1.165, 1.54) is 0 Å². The van der Waals surface area contributed by atoms with E-state index < -0.39 is 6.04 Å². The summed E-state index contributed by atoms with van der Waals surface area (Å²) >= 11 is 0. The fourth-order valence-corrected chi connectivity index (χ4v) is 3.65. The number of aryl methyl sites for hydroxylation is 1. The molecule has 0 amide bonds. The summed E-state index contributed by atoms with van der Waals surface area (Å²) in [4.78, 5) is 4.49. The molecule has 1 aromatic carbocycles. The van der Waals surface area contributed by atoms with Gasteiger partial charge in [0.05, 0.1) is 35.7 Å². The standard InChI is InChI=1S/C23H25N5O3/c1-28-23(11-21(27-28)16-6-8-30-9-7-16)31-22-10-15(12-24)2-4-18(22)20-5-3-17(13-26-20)19(25)14-29/h2-5,10-11,13,16,19,29H,6-9,14,25H2,1H3. The molecule has 0 spiro atoms. The largest absolute Gasteiger partial charge is 0.439 e. The maximum Gasteiger partial charge on any atom is 0.217 e. The summed E-state index contributed by atoms with van der Waals surface area (Å²) in [6, 6.07) is 12.5. The van der Waals surface area contributed by atoms with Gasteiger partial charge in [-0.1, -0.05) is 6.07 Å². The van der Waals surface area contributed by atoms with Crippen LogP contribution in [0.2, 0.25) is 0 Å². The van der Waals surface area contributed by atoms with Crippen LogP contribution in [0.1, 0.15) is 41.6 Å². The second kappa shape index (κ2) is 9.27. The SMILES string of the molecule is Cn1nc(C2CCOCC2)cc1Oc1cc(C#N)ccc1-c1ccc(C(N)CO)cn1. The number of nitrogens with two attached hydrogens (primary N) is 1. The third kappa shape index (κ3) is 4.59. The molecule has 3 N–H and O–H groups in total. The number of benzene rings is 1. The van der Waals surface area contributed by atoms with E-state index in [1.807, 2.05) is 31.3 Å². The summed E-state index contributed by atoms with van der Waals surface area (Å²) in [5.74, 6) is 1.47. The Bertz CT molecular complexity index is 1080. The average Bonchev–Trinajstić information content (AvgIpc) is 3.19. The van der Waals surface area contributed by atoms with Crippen LogP contribution in [0.3, 0.4) is 0 Å². The van der Waals surface area contributed by atoms with Gasteiger partial charge in [0.1, 0.15) is 5.75 Å². The van der Waals surface area contributed by atoms with E-state index in [-0.39, 0.29) is 6.61 Å². The number of ether oxygens (including phenoxy) is 2. The van der Waals surface area contributed by atoms with Crippen molar-refractivity contribution in [3.05, 3.63) is 59.4 Å². The molecule has 1 unspecified atom stereocenters. The maximum atomic E-state index is 9.35. The van der Waals surface area contributed by atoms with Crippen molar-refractivity contribution in [2.45, 2.75) is 24.8 Å². The number of nitrogens with zero attached hydrogens (tertiary/aromatic N) is 4. The highest BCUT2D eigenvalue weighted by molar-refractivity contribution is 5.69. The van der Waals surface area contributed by atoms with Crippen LogP contribution in [0.25, 0.3) is 11.3 Å². The molecule has 8 heteroatoms. The molecule has 1 fully saturated rings. The average molecular weight is 419 g/mol. The molecular formula is C23H25N5O3. The Morgan fingerprint density at radius 3 is 2.77 bits per heavy atom. The topological polar surface area (TPSA) is 119 Å². The van der Waals surface area contributed by atoms with Gasteiger partial charge in [0, 0.05) is 44.0 Å². The highest BCUT2D eigenvalue weighted by atomic mass is 16.5. The van der Waals surface area contributed by atoms with Crippen molar-refractivity contribution in [3.8, 4) is 29.0 Å². The lowest BCUT2D eigenvalue weighted by Gasteiger charge is -2.19. The van der Waals surface area contributed by atoms with Crippen molar-refractivity contribution in [2.75, 3.05) is 19.8 Å². The second-order valence-corrected chi connectivity index (χ2v) is 7.61. The van der Waals surface area contributed by atoms with Crippen LogP contribution in [-0.4, -0.2) is 39.7 Å². The normalized spacial score (nSPS) is 15.4. The number of rotatable bonds is 6.